The lowest BCUT2D eigenvalue weighted by Crippen LogP contribution is -2.28. The van der Waals surface area contributed by atoms with Crippen LogP contribution in [-0.4, -0.2) is 46.1 Å². The second-order valence-corrected chi connectivity index (χ2v) is 11.4. The molecule has 0 amide bonds. The van der Waals surface area contributed by atoms with Gasteiger partial charge >= 0.3 is 6.18 Å². The summed E-state index contributed by atoms with van der Waals surface area (Å²) < 4.78 is 40.3. The molecule has 3 atom stereocenters. The van der Waals surface area contributed by atoms with Gasteiger partial charge in [-0.15, -0.1) is 13.2 Å². The first kappa shape index (κ1) is 35.9. The van der Waals surface area contributed by atoms with E-state index in [4.69, 9.17) is 23.2 Å². The fraction of sp³-hybridized carbons (Fsp3) is 0.567. The van der Waals surface area contributed by atoms with E-state index in [1.165, 1.54) is 6.42 Å². The van der Waals surface area contributed by atoms with Crippen LogP contribution >= 0.6 is 23.2 Å². The van der Waals surface area contributed by atoms with Gasteiger partial charge in [-0.1, -0.05) is 63.9 Å². The van der Waals surface area contributed by atoms with Gasteiger partial charge in [0.05, 0.1) is 27.8 Å². The van der Waals surface area contributed by atoms with Crippen molar-refractivity contribution in [3.8, 4) is 0 Å². The van der Waals surface area contributed by atoms with E-state index < -0.39 is 11.9 Å². The van der Waals surface area contributed by atoms with E-state index in [-0.39, 0.29) is 17.9 Å². The third-order valence-corrected chi connectivity index (χ3v) is 7.74. The Morgan fingerprint density at radius 2 is 1.80 bits per heavy atom. The molecule has 224 valence electrons. The van der Waals surface area contributed by atoms with Crippen molar-refractivity contribution in [1.29, 1.82) is 0 Å². The highest BCUT2D eigenvalue weighted by molar-refractivity contribution is 6.37. The minimum Gasteiger partial charge on any atom is -0.302 e. The van der Waals surface area contributed by atoms with Crippen LogP contribution in [0.5, 0.6) is 0 Å². The van der Waals surface area contributed by atoms with Gasteiger partial charge < -0.3 is 4.90 Å². The summed E-state index contributed by atoms with van der Waals surface area (Å²) in [5, 5.41) is 4.95. The topological polar surface area (TPSA) is 51.0 Å². The highest BCUT2D eigenvalue weighted by atomic mass is 35.5. The average molecular weight is 604 g/mol. The minimum atomic E-state index is -4.54. The molecule has 2 aromatic heterocycles. The molecule has 2 heterocycles. The number of carbonyl (C=O) groups excluding carboxylic acids is 1. The predicted octanol–water partition coefficient (Wildman–Crippen LogP) is 9.28. The maximum atomic E-state index is 13.1. The first-order chi connectivity index (χ1) is 18.8. The SMILES string of the molecule is C=C.C=C(CN(C)CCC(C)C)c1c(Cl)cncc1Cl.CCC1CC[C@H](n2ncc(C=O)c2C(F)(F)F)CC1C. The molecule has 0 N–H and O–H groups in total. The van der Waals surface area contributed by atoms with Gasteiger partial charge in [-0.3, -0.25) is 14.5 Å². The Morgan fingerprint density at radius 3 is 2.27 bits per heavy atom. The van der Waals surface area contributed by atoms with Gasteiger partial charge in [0.25, 0.3) is 0 Å². The fourth-order valence-corrected chi connectivity index (χ4v) is 5.63. The first-order valence-electron chi connectivity index (χ1n) is 13.6. The van der Waals surface area contributed by atoms with Gasteiger partial charge in [-0.25, -0.2) is 0 Å². The summed E-state index contributed by atoms with van der Waals surface area (Å²) in [6, 6.07) is -0.266. The number of rotatable bonds is 9. The number of pyridine rings is 1. The Labute approximate surface area is 247 Å². The van der Waals surface area contributed by atoms with E-state index >= 15 is 0 Å². The maximum Gasteiger partial charge on any atom is 0.433 e. The lowest BCUT2D eigenvalue weighted by molar-refractivity contribution is -0.145. The third kappa shape index (κ3) is 10.3. The number of hydrogen-bond donors (Lipinski definition) is 0. The van der Waals surface area contributed by atoms with E-state index in [1.54, 1.807) is 12.4 Å². The Kier molecular flexibility index (Phi) is 15.2. The third-order valence-electron chi connectivity index (χ3n) is 7.16. The first-order valence-corrected chi connectivity index (χ1v) is 14.3. The van der Waals surface area contributed by atoms with Crippen LogP contribution in [0.15, 0.2) is 38.3 Å². The van der Waals surface area contributed by atoms with Crippen LogP contribution in [0.1, 0.15) is 87.5 Å². The molecule has 5 nitrogen and oxygen atoms in total. The number of hydrogen-bond acceptors (Lipinski definition) is 4. The molecule has 2 unspecified atom stereocenters. The lowest BCUT2D eigenvalue weighted by atomic mass is 9.76. The molecule has 0 bridgehead atoms. The largest absolute Gasteiger partial charge is 0.433 e. The Hall–Kier alpha value is -2.16. The monoisotopic (exact) mass is 602 g/mol. The second-order valence-electron chi connectivity index (χ2n) is 10.6. The van der Waals surface area contributed by atoms with Gasteiger partial charge in [0.2, 0.25) is 0 Å². The number of alkyl halides is 3. The molecule has 0 radical (unpaired) electrons. The van der Waals surface area contributed by atoms with Crippen LogP contribution in [0, 0.1) is 17.8 Å². The van der Waals surface area contributed by atoms with Crippen molar-refractivity contribution in [3.05, 3.63) is 65.2 Å². The number of carbonyl (C=O) groups is 1. The zero-order valence-electron chi connectivity index (χ0n) is 24.3. The minimum absolute atomic E-state index is 0.230. The summed E-state index contributed by atoms with van der Waals surface area (Å²) in [7, 11) is 2.08. The standard InChI is InChI=1S/C14H20Cl2N2.C14H19F3N2O.C2H4/c1-10(2)5-6-18(4)9-11(3)14-12(15)7-17-8-13(14)16;1-3-10-4-5-12(6-9(10)2)19-13(14(15,16)17)11(8-20)7-18-19;1-2/h7-8,10H,3,5-6,9H2,1-2,4H3;7-10,12H,3-6H2,1-2H3;1-2H2/t;9?,10?,12-;/m.0./s1. The zero-order valence-corrected chi connectivity index (χ0v) is 25.8. The zero-order chi connectivity index (χ0) is 30.6. The van der Waals surface area contributed by atoms with Crippen molar-refractivity contribution >= 4 is 35.1 Å². The van der Waals surface area contributed by atoms with Crippen LogP contribution in [0.4, 0.5) is 13.2 Å². The van der Waals surface area contributed by atoms with E-state index in [1.807, 2.05) is 0 Å². The van der Waals surface area contributed by atoms with Gasteiger partial charge in [0.15, 0.2) is 12.0 Å². The number of nitrogens with zero attached hydrogens (tertiary/aromatic N) is 4. The molecule has 0 aliphatic heterocycles. The summed E-state index contributed by atoms with van der Waals surface area (Å²) in [6.07, 6.45) is 4.41. The molecular formula is C30H43Cl2F3N4O. The van der Waals surface area contributed by atoms with Gasteiger partial charge in [0.1, 0.15) is 0 Å². The molecule has 1 saturated carbocycles. The Bertz CT molecular complexity index is 1070. The molecule has 0 spiro atoms. The highest BCUT2D eigenvalue weighted by Crippen LogP contribution is 2.41. The molecule has 0 saturated heterocycles. The molecule has 1 fully saturated rings. The van der Waals surface area contributed by atoms with E-state index in [2.05, 4.69) is 69.5 Å². The highest BCUT2D eigenvalue weighted by Gasteiger charge is 2.41. The maximum absolute atomic E-state index is 13.1. The van der Waals surface area contributed by atoms with Gasteiger partial charge in [-0.2, -0.15) is 18.3 Å². The molecule has 1 aliphatic rings. The number of aromatic nitrogens is 3. The molecular weight excluding hydrogens is 560 g/mol. The lowest BCUT2D eigenvalue weighted by Gasteiger charge is -2.34. The van der Waals surface area contributed by atoms with Gasteiger partial charge in [0, 0.05) is 24.5 Å². The summed E-state index contributed by atoms with van der Waals surface area (Å²) in [5.41, 5.74) is 0.464. The average Bonchev–Trinajstić information content (AvgIpc) is 3.34. The van der Waals surface area contributed by atoms with Crippen LogP contribution in [0.3, 0.4) is 0 Å². The normalized spacial score (nSPS) is 18.9. The van der Waals surface area contributed by atoms with E-state index in [0.29, 0.717) is 40.6 Å². The van der Waals surface area contributed by atoms with E-state index in [0.717, 1.165) is 47.9 Å². The van der Waals surface area contributed by atoms with Crippen molar-refractivity contribution in [1.82, 2.24) is 19.7 Å². The van der Waals surface area contributed by atoms with Crippen molar-refractivity contribution < 1.29 is 18.0 Å². The molecule has 40 heavy (non-hydrogen) atoms. The molecule has 10 heteroatoms. The molecule has 3 rings (SSSR count). The molecule has 1 aliphatic carbocycles. The Balaban J connectivity index is 0.000000379. The molecule has 0 aromatic carbocycles. The summed E-state index contributed by atoms with van der Waals surface area (Å²) in [5.74, 6) is 1.65. The van der Waals surface area contributed by atoms with Crippen LogP contribution in [0.25, 0.3) is 5.57 Å². The quantitative estimate of drug-likeness (QED) is 0.212. The van der Waals surface area contributed by atoms with Gasteiger partial charge in [-0.05, 0) is 62.6 Å². The van der Waals surface area contributed by atoms with Crippen LogP contribution in [-0.2, 0) is 6.18 Å². The summed E-state index contributed by atoms with van der Waals surface area (Å²) >= 11 is 12.2. The summed E-state index contributed by atoms with van der Waals surface area (Å²) in [4.78, 5) is 17.0. The predicted molar refractivity (Wildman–Crippen MR) is 160 cm³/mol. The van der Waals surface area contributed by atoms with Crippen LogP contribution in [0.2, 0.25) is 10.0 Å². The fourth-order valence-electron chi connectivity index (χ4n) is 5.00. The van der Waals surface area contributed by atoms with Crippen molar-refractivity contribution in [2.24, 2.45) is 17.8 Å². The number of halogens is 5. The van der Waals surface area contributed by atoms with Crippen molar-refractivity contribution in [2.75, 3.05) is 20.1 Å². The second kappa shape index (κ2) is 16.9. The molecule has 2 aromatic rings. The Morgan fingerprint density at radius 1 is 1.20 bits per heavy atom. The smallest absolute Gasteiger partial charge is 0.302 e. The number of aldehydes is 1. The number of likely N-dealkylation sites (N-methyl/N-ethyl adjacent to an activating group) is 1. The van der Waals surface area contributed by atoms with Crippen molar-refractivity contribution in [2.45, 2.75) is 72.0 Å². The summed E-state index contributed by atoms with van der Waals surface area (Å²) in [6.45, 7) is 20.5. The van der Waals surface area contributed by atoms with Crippen LogP contribution < -0.4 is 0 Å². The van der Waals surface area contributed by atoms with Crippen molar-refractivity contribution in [3.63, 3.8) is 0 Å². The van der Waals surface area contributed by atoms with E-state index in [9.17, 15) is 18.0 Å².